The highest BCUT2D eigenvalue weighted by Crippen LogP contribution is 2.05. The minimum absolute atomic E-state index is 0.114. The van der Waals surface area contributed by atoms with Crippen LogP contribution in [0.2, 0.25) is 0 Å². The zero-order valence-corrected chi connectivity index (χ0v) is 7.42. The number of aliphatic carboxylic acids is 1. The Labute approximate surface area is 80.0 Å². The first-order chi connectivity index (χ1) is 6.77. The SMILES string of the molecule is O=C(O)CCc1cnc2ncccn12. The van der Waals surface area contributed by atoms with Crippen LogP contribution >= 0.6 is 0 Å². The quantitative estimate of drug-likeness (QED) is 0.777. The summed E-state index contributed by atoms with van der Waals surface area (Å²) in [6, 6.07) is 1.79. The number of carbonyl (C=O) groups is 1. The highest BCUT2D eigenvalue weighted by Gasteiger charge is 2.05. The number of hydrogen-bond acceptors (Lipinski definition) is 3. The van der Waals surface area contributed by atoms with Crippen molar-refractivity contribution in [3.05, 3.63) is 30.4 Å². The van der Waals surface area contributed by atoms with E-state index >= 15 is 0 Å². The zero-order chi connectivity index (χ0) is 9.97. The molecule has 5 heteroatoms. The molecule has 0 amide bonds. The van der Waals surface area contributed by atoms with E-state index in [9.17, 15) is 4.79 Å². The molecule has 72 valence electrons. The lowest BCUT2D eigenvalue weighted by Crippen LogP contribution is -2.00. The second-order valence-corrected chi connectivity index (χ2v) is 2.93. The Hall–Kier alpha value is -1.91. The van der Waals surface area contributed by atoms with Crippen molar-refractivity contribution in [1.82, 2.24) is 14.4 Å². The molecule has 0 unspecified atom stereocenters. The molecule has 2 aromatic heterocycles. The Morgan fingerprint density at radius 2 is 2.36 bits per heavy atom. The van der Waals surface area contributed by atoms with Gasteiger partial charge in [-0.25, -0.2) is 9.97 Å². The average Bonchev–Trinajstić information content (AvgIpc) is 2.58. The van der Waals surface area contributed by atoms with Crippen LogP contribution in [-0.4, -0.2) is 25.4 Å². The maximum atomic E-state index is 10.4. The molecule has 0 saturated heterocycles. The number of hydrogen-bond donors (Lipinski definition) is 1. The molecule has 0 saturated carbocycles. The van der Waals surface area contributed by atoms with Crippen molar-refractivity contribution in [2.24, 2.45) is 0 Å². The van der Waals surface area contributed by atoms with Crippen molar-refractivity contribution in [3.63, 3.8) is 0 Å². The van der Waals surface area contributed by atoms with Crippen LogP contribution in [0.4, 0.5) is 0 Å². The van der Waals surface area contributed by atoms with Crippen LogP contribution in [0.25, 0.3) is 5.78 Å². The summed E-state index contributed by atoms with van der Waals surface area (Å²) in [6.45, 7) is 0. The summed E-state index contributed by atoms with van der Waals surface area (Å²) >= 11 is 0. The van der Waals surface area contributed by atoms with Crippen molar-refractivity contribution < 1.29 is 9.90 Å². The van der Waals surface area contributed by atoms with Gasteiger partial charge in [0.25, 0.3) is 0 Å². The first-order valence-corrected chi connectivity index (χ1v) is 4.26. The number of nitrogens with zero attached hydrogens (tertiary/aromatic N) is 3. The monoisotopic (exact) mass is 191 g/mol. The van der Waals surface area contributed by atoms with E-state index in [4.69, 9.17) is 5.11 Å². The second kappa shape index (κ2) is 3.45. The topological polar surface area (TPSA) is 67.5 Å². The first-order valence-electron chi connectivity index (χ1n) is 4.26. The third-order valence-electron chi connectivity index (χ3n) is 1.96. The highest BCUT2D eigenvalue weighted by atomic mass is 16.4. The maximum absolute atomic E-state index is 10.4. The molecular weight excluding hydrogens is 182 g/mol. The highest BCUT2D eigenvalue weighted by molar-refractivity contribution is 5.67. The number of imidazole rings is 1. The summed E-state index contributed by atoms with van der Waals surface area (Å²) in [6.07, 6.45) is 5.73. The van der Waals surface area contributed by atoms with Gasteiger partial charge in [0.1, 0.15) is 0 Å². The number of fused-ring (bicyclic) bond motifs is 1. The van der Waals surface area contributed by atoms with E-state index in [1.54, 1.807) is 22.9 Å². The molecule has 0 aromatic carbocycles. The van der Waals surface area contributed by atoms with Gasteiger partial charge < -0.3 is 5.11 Å². The van der Waals surface area contributed by atoms with Crippen molar-refractivity contribution in [3.8, 4) is 0 Å². The molecular formula is C9H9N3O2. The molecule has 14 heavy (non-hydrogen) atoms. The Morgan fingerprint density at radius 3 is 3.14 bits per heavy atom. The lowest BCUT2D eigenvalue weighted by atomic mass is 10.2. The van der Waals surface area contributed by atoms with Crippen LogP contribution in [0.3, 0.4) is 0 Å². The molecule has 1 N–H and O–H groups in total. The smallest absolute Gasteiger partial charge is 0.303 e. The molecule has 0 bridgehead atoms. The minimum Gasteiger partial charge on any atom is -0.481 e. The summed E-state index contributed by atoms with van der Waals surface area (Å²) < 4.78 is 1.79. The zero-order valence-electron chi connectivity index (χ0n) is 7.42. The van der Waals surface area contributed by atoms with Gasteiger partial charge in [-0.2, -0.15) is 0 Å². The van der Waals surface area contributed by atoms with E-state index in [0.29, 0.717) is 12.2 Å². The number of rotatable bonds is 3. The fourth-order valence-corrected chi connectivity index (χ4v) is 1.30. The van der Waals surface area contributed by atoms with Gasteiger partial charge in [-0.3, -0.25) is 9.20 Å². The number of carboxylic acid groups (broad SMARTS) is 1. The maximum Gasteiger partial charge on any atom is 0.303 e. The molecule has 0 spiro atoms. The molecule has 0 fully saturated rings. The number of aryl methyl sites for hydroxylation is 1. The van der Waals surface area contributed by atoms with Crippen LogP contribution in [0.15, 0.2) is 24.7 Å². The molecule has 5 nitrogen and oxygen atoms in total. The van der Waals surface area contributed by atoms with Gasteiger partial charge in [0, 0.05) is 24.5 Å². The van der Waals surface area contributed by atoms with Gasteiger partial charge in [-0.05, 0) is 6.07 Å². The minimum atomic E-state index is -0.802. The van der Waals surface area contributed by atoms with E-state index in [2.05, 4.69) is 9.97 Å². The average molecular weight is 191 g/mol. The summed E-state index contributed by atoms with van der Waals surface area (Å²) in [5.74, 6) is -0.197. The lowest BCUT2D eigenvalue weighted by molar-refractivity contribution is -0.136. The Bertz CT molecular complexity index is 464. The molecule has 0 aliphatic rings. The van der Waals surface area contributed by atoms with Crippen LogP contribution in [0.1, 0.15) is 12.1 Å². The van der Waals surface area contributed by atoms with Crippen molar-refractivity contribution in [1.29, 1.82) is 0 Å². The third-order valence-corrected chi connectivity index (χ3v) is 1.96. The van der Waals surface area contributed by atoms with E-state index in [1.165, 1.54) is 0 Å². The van der Waals surface area contributed by atoms with Crippen molar-refractivity contribution in [2.45, 2.75) is 12.8 Å². The van der Waals surface area contributed by atoms with Crippen LogP contribution < -0.4 is 0 Å². The number of aromatic nitrogens is 3. The molecule has 0 atom stereocenters. The second-order valence-electron chi connectivity index (χ2n) is 2.93. The molecule has 2 rings (SSSR count). The van der Waals surface area contributed by atoms with Crippen molar-refractivity contribution in [2.75, 3.05) is 0 Å². The molecule has 0 radical (unpaired) electrons. The van der Waals surface area contributed by atoms with Crippen molar-refractivity contribution >= 4 is 11.7 Å². The van der Waals surface area contributed by atoms with Gasteiger partial charge >= 0.3 is 5.97 Å². The van der Waals surface area contributed by atoms with Gasteiger partial charge in [0.2, 0.25) is 5.78 Å². The number of carboxylic acids is 1. The van der Waals surface area contributed by atoms with Gasteiger partial charge in [-0.15, -0.1) is 0 Å². The van der Waals surface area contributed by atoms with Gasteiger partial charge in [-0.1, -0.05) is 0 Å². The Balaban J connectivity index is 2.29. The summed E-state index contributed by atoms with van der Waals surface area (Å²) in [5.41, 5.74) is 0.871. The molecule has 2 heterocycles. The van der Waals surface area contributed by atoms with Crippen LogP contribution in [0, 0.1) is 0 Å². The largest absolute Gasteiger partial charge is 0.481 e. The third kappa shape index (κ3) is 1.56. The van der Waals surface area contributed by atoms with Crippen LogP contribution in [0.5, 0.6) is 0 Å². The first kappa shape index (κ1) is 8.68. The standard InChI is InChI=1S/C9H9N3O2/c13-8(14)3-2-7-6-11-9-10-4-1-5-12(7)9/h1,4-6H,2-3H2,(H,13,14). The summed E-state index contributed by atoms with van der Waals surface area (Å²) in [7, 11) is 0. The predicted molar refractivity (Wildman–Crippen MR) is 48.9 cm³/mol. The summed E-state index contributed by atoms with van der Waals surface area (Å²) in [4.78, 5) is 18.5. The van der Waals surface area contributed by atoms with Crippen LogP contribution in [-0.2, 0) is 11.2 Å². The van der Waals surface area contributed by atoms with E-state index < -0.39 is 5.97 Å². The fraction of sp³-hybridized carbons (Fsp3) is 0.222. The normalized spacial score (nSPS) is 10.6. The molecule has 0 aliphatic carbocycles. The Morgan fingerprint density at radius 1 is 1.50 bits per heavy atom. The fourth-order valence-electron chi connectivity index (χ4n) is 1.30. The van der Waals surface area contributed by atoms with E-state index in [0.717, 1.165) is 5.69 Å². The van der Waals surface area contributed by atoms with Gasteiger partial charge in [0.05, 0.1) is 12.6 Å². The molecule has 2 aromatic rings. The van der Waals surface area contributed by atoms with E-state index in [1.807, 2.05) is 6.20 Å². The van der Waals surface area contributed by atoms with Gasteiger partial charge in [0.15, 0.2) is 0 Å². The van der Waals surface area contributed by atoms with E-state index in [-0.39, 0.29) is 6.42 Å². The lowest BCUT2D eigenvalue weighted by Gasteiger charge is -1.97. The Kier molecular flexibility index (Phi) is 2.14. The summed E-state index contributed by atoms with van der Waals surface area (Å²) in [5, 5.41) is 8.54. The molecule has 0 aliphatic heterocycles. The predicted octanol–water partition coefficient (Wildman–Crippen LogP) is 0.746.